The van der Waals surface area contributed by atoms with Crippen LogP contribution in [0, 0.1) is 5.82 Å². The summed E-state index contributed by atoms with van der Waals surface area (Å²) in [4.78, 5) is 11.3. The van der Waals surface area contributed by atoms with Crippen molar-refractivity contribution in [3.05, 3.63) is 48.5 Å². The fourth-order valence-corrected chi connectivity index (χ4v) is 2.72. The van der Waals surface area contributed by atoms with E-state index >= 15 is 0 Å². The zero-order chi connectivity index (χ0) is 16.2. The summed E-state index contributed by atoms with van der Waals surface area (Å²) in [6.45, 7) is 0. The van der Waals surface area contributed by atoms with E-state index in [-0.39, 0.29) is 17.5 Å². The third kappa shape index (κ3) is 3.26. The molecule has 3 rings (SSSR count). The molecule has 118 valence electrons. The van der Waals surface area contributed by atoms with Gasteiger partial charge in [0.25, 0.3) is 0 Å². The standard InChI is InChI=1S/C15H12FN3O3S/c1-21-13(20)9-23-15-18-17-14(12-3-2-8-22-12)19(15)11-6-4-10(16)5-7-11/h2-8H,9H2,1H3. The van der Waals surface area contributed by atoms with Gasteiger partial charge in [-0.3, -0.25) is 9.36 Å². The van der Waals surface area contributed by atoms with Gasteiger partial charge >= 0.3 is 5.97 Å². The van der Waals surface area contributed by atoms with Crippen molar-refractivity contribution in [2.75, 3.05) is 12.9 Å². The predicted molar refractivity (Wildman–Crippen MR) is 81.8 cm³/mol. The number of carbonyl (C=O) groups excluding carboxylic acids is 1. The highest BCUT2D eigenvalue weighted by atomic mass is 32.2. The van der Waals surface area contributed by atoms with E-state index in [0.717, 1.165) is 0 Å². The van der Waals surface area contributed by atoms with E-state index in [2.05, 4.69) is 14.9 Å². The van der Waals surface area contributed by atoms with Gasteiger partial charge in [-0.25, -0.2) is 4.39 Å². The molecule has 0 saturated heterocycles. The van der Waals surface area contributed by atoms with Crippen molar-refractivity contribution in [2.45, 2.75) is 5.16 Å². The lowest BCUT2D eigenvalue weighted by Crippen LogP contribution is -2.05. The van der Waals surface area contributed by atoms with Crippen LogP contribution in [0.5, 0.6) is 0 Å². The average Bonchev–Trinajstić information content (AvgIpc) is 3.22. The SMILES string of the molecule is COC(=O)CSc1nnc(-c2ccco2)n1-c1ccc(F)cc1. The molecule has 0 aliphatic carbocycles. The molecule has 3 aromatic rings. The number of carbonyl (C=O) groups is 1. The largest absolute Gasteiger partial charge is 0.468 e. The van der Waals surface area contributed by atoms with Crippen molar-refractivity contribution >= 4 is 17.7 Å². The summed E-state index contributed by atoms with van der Waals surface area (Å²) in [5.74, 6) is 0.364. The third-order valence-electron chi connectivity index (χ3n) is 3.01. The molecule has 0 aliphatic rings. The van der Waals surface area contributed by atoms with Crippen LogP contribution in [0.15, 0.2) is 52.2 Å². The van der Waals surface area contributed by atoms with Crippen molar-refractivity contribution in [3.8, 4) is 17.3 Å². The molecule has 8 heteroatoms. The first-order chi connectivity index (χ1) is 11.2. The molecule has 2 heterocycles. The molecule has 0 spiro atoms. The van der Waals surface area contributed by atoms with Crippen LogP contribution in [0.2, 0.25) is 0 Å². The van der Waals surface area contributed by atoms with E-state index in [1.165, 1.54) is 37.3 Å². The number of halogens is 1. The van der Waals surface area contributed by atoms with Gasteiger partial charge in [0, 0.05) is 0 Å². The average molecular weight is 333 g/mol. The second-order valence-corrected chi connectivity index (χ2v) is 5.40. The molecule has 0 atom stereocenters. The monoisotopic (exact) mass is 333 g/mol. The molecule has 0 fully saturated rings. The molecule has 2 aromatic heterocycles. The van der Waals surface area contributed by atoms with Gasteiger partial charge in [0.15, 0.2) is 10.9 Å². The topological polar surface area (TPSA) is 70.2 Å². The predicted octanol–water partition coefficient (Wildman–Crippen LogP) is 2.93. The number of thioether (sulfide) groups is 1. The lowest BCUT2D eigenvalue weighted by atomic mass is 10.3. The van der Waals surface area contributed by atoms with Crippen molar-refractivity contribution in [1.82, 2.24) is 14.8 Å². The Bertz CT molecular complexity index is 800. The maximum atomic E-state index is 13.2. The summed E-state index contributed by atoms with van der Waals surface area (Å²) >= 11 is 1.18. The summed E-state index contributed by atoms with van der Waals surface area (Å²) in [6, 6.07) is 9.38. The van der Waals surface area contributed by atoms with Crippen LogP contribution < -0.4 is 0 Å². The molecular weight excluding hydrogens is 321 g/mol. The molecule has 0 aliphatic heterocycles. The summed E-state index contributed by atoms with van der Waals surface area (Å²) in [5.41, 5.74) is 0.662. The van der Waals surface area contributed by atoms with E-state index in [4.69, 9.17) is 4.42 Å². The molecule has 1 aromatic carbocycles. The summed E-state index contributed by atoms with van der Waals surface area (Å²) < 4.78 is 24.9. The van der Waals surface area contributed by atoms with Crippen molar-refractivity contribution < 1.29 is 18.3 Å². The number of furan rings is 1. The van der Waals surface area contributed by atoms with E-state index < -0.39 is 0 Å². The van der Waals surface area contributed by atoms with Crippen LogP contribution >= 0.6 is 11.8 Å². The van der Waals surface area contributed by atoms with Gasteiger partial charge in [-0.2, -0.15) is 0 Å². The quantitative estimate of drug-likeness (QED) is 0.528. The minimum atomic E-state index is -0.372. The Morgan fingerprint density at radius 1 is 1.30 bits per heavy atom. The zero-order valence-corrected chi connectivity index (χ0v) is 12.9. The van der Waals surface area contributed by atoms with Crippen LogP contribution in [0.3, 0.4) is 0 Å². The van der Waals surface area contributed by atoms with Crippen molar-refractivity contribution in [2.24, 2.45) is 0 Å². The summed E-state index contributed by atoms with van der Waals surface area (Å²) in [7, 11) is 1.32. The normalized spacial score (nSPS) is 10.7. The number of nitrogens with zero attached hydrogens (tertiary/aromatic N) is 3. The van der Waals surface area contributed by atoms with Crippen LogP contribution in [-0.4, -0.2) is 33.6 Å². The Balaban J connectivity index is 2.03. The number of aromatic nitrogens is 3. The van der Waals surface area contributed by atoms with Crippen LogP contribution in [0.1, 0.15) is 0 Å². The molecule has 0 radical (unpaired) electrons. The maximum Gasteiger partial charge on any atom is 0.316 e. The summed E-state index contributed by atoms with van der Waals surface area (Å²) in [5, 5.41) is 8.69. The molecule has 23 heavy (non-hydrogen) atoms. The highest BCUT2D eigenvalue weighted by molar-refractivity contribution is 7.99. The third-order valence-corrected chi connectivity index (χ3v) is 3.91. The van der Waals surface area contributed by atoms with Gasteiger partial charge in [-0.05, 0) is 36.4 Å². The Labute approximate surface area is 135 Å². The minimum Gasteiger partial charge on any atom is -0.468 e. The first-order valence-corrected chi connectivity index (χ1v) is 7.62. The van der Waals surface area contributed by atoms with E-state index in [9.17, 15) is 9.18 Å². The molecule has 0 N–H and O–H groups in total. The van der Waals surface area contributed by atoms with Crippen LogP contribution in [0.25, 0.3) is 17.3 Å². The number of hydrogen-bond acceptors (Lipinski definition) is 6. The van der Waals surface area contributed by atoms with E-state index in [1.807, 2.05) is 0 Å². The second-order valence-electron chi connectivity index (χ2n) is 4.46. The Kier molecular flexibility index (Phi) is 4.42. The number of benzene rings is 1. The highest BCUT2D eigenvalue weighted by Crippen LogP contribution is 2.28. The van der Waals surface area contributed by atoms with Crippen LogP contribution in [0.4, 0.5) is 4.39 Å². The Hall–Kier alpha value is -2.61. The Morgan fingerprint density at radius 3 is 2.74 bits per heavy atom. The fraction of sp³-hybridized carbons (Fsp3) is 0.133. The number of ether oxygens (including phenoxy) is 1. The first-order valence-electron chi connectivity index (χ1n) is 6.64. The maximum absolute atomic E-state index is 13.2. The van der Waals surface area contributed by atoms with Crippen LogP contribution in [-0.2, 0) is 9.53 Å². The lowest BCUT2D eigenvalue weighted by molar-refractivity contribution is -0.137. The number of methoxy groups -OCH3 is 1. The minimum absolute atomic E-state index is 0.0913. The van der Waals surface area contributed by atoms with E-state index in [1.54, 1.807) is 28.8 Å². The number of esters is 1. The molecule has 0 unspecified atom stereocenters. The van der Waals surface area contributed by atoms with E-state index in [0.29, 0.717) is 22.4 Å². The smallest absolute Gasteiger partial charge is 0.316 e. The summed E-state index contributed by atoms with van der Waals surface area (Å²) in [6.07, 6.45) is 1.53. The van der Waals surface area contributed by atoms with Gasteiger partial charge in [-0.1, -0.05) is 11.8 Å². The molecule has 0 bridgehead atoms. The van der Waals surface area contributed by atoms with Gasteiger partial charge < -0.3 is 9.15 Å². The first kappa shape index (κ1) is 15.3. The second kappa shape index (κ2) is 6.66. The lowest BCUT2D eigenvalue weighted by Gasteiger charge is -2.08. The van der Waals surface area contributed by atoms with Crippen molar-refractivity contribution in [3.63, 3.8) is 0 Å². The number of rotatable bonds is 5. The zero-order valence-electron chi connectivity index (χ0n) is 12.1. The molecular formula is C15H12FN3O3S. The fourth-order valence-electron chi connectivity index (χ4n) is 1.93. The molecule has 0 amide bonds. The number of hydrogen-bond donors (Lipinski definition) is 0. The van der Waals surface area contributed by atoms with Gasteiger partial charge in [-0.15, -0.1) is 10.2 Å². The molecule has 0 saturated carbocycles. The molecule has 6 nitrogen and oxygen atoms in total. The van der Waals surface area contributed by atoms with Gasteiger partial charge in [0.2, 0.25) is 5.82 Å². The van der Waals surface area contributed by atoms with Crippen molar-refractivity contribution in [1.29, 1.82) is 0 Å². The Morgan fingerprint density at radius 2 is 2.09 bits per heavy atom. The van der Waals surface area contributed by atoms with Gasteiger partial charge in [0.1, 0.15) is 5.82 Å². The van der Waals surface area contributed by atoms with Gasteiger partial charge in [0.05, 0.1) is 24.8 Å². The highest BCUT2D eigenvalue weighted by Gasteiger charge is 2.19.